The Morgan fingerprint density at radius 1 is 1.18 bits per heavy atom. The van der Waals surface area contributed by atoms with Crippen LogP contribution in [0, 0.1) is 6.92 Å². The minimum absolute atomic E-state index is 0.157. The molecule has 2 aromatic carbocycles. The zero-order chi connectivity index (χ0) is 24.3. The lowest BCUT2D eigenvalue weighted by Gasteiger charge is -2.17. The van der Waals surface area contributed by atoms with E-state index in [0.29, 0.717) is 16.1 Å². The predicted molar refractivity (Wildman–Crippen MR) is 128 cm³/mol. The molecule has 33 heavy (non-hydrogen) atoms. The average Bonchev–Trinajstić information content (AvgIpc) is 2.73. The molecule has 4 N–H and O–H groups in total. The molecule has 0 fully saturated rings. The molecule has 1 aromatic heterocycles. The average molecular weight is 509 g/mol. The summed E-state index contributed by atoms with van der Waals surface area (Å²) in [5.41, 5.74) is 6.68. The number of benzene rings is 2. The lowest BCUT2D eigenvalue weighted by atomic mass is 10.1. The van der Waals surface area contributed by atoms with E-state index >= 15 is 0 Å². The van der Waals surface area contributed by atoms with Crippen molar-refractivity contribution in [2.45, 2.75) is 22.0 Å². The Morgan fingerprint density at radius 2 is 1.85 bits per heavy atom. The quantitative estimate of drug-likeness (QED) is 0.387. The van der Waals surface area contributed by atoms with Crippen LogP contribution in [0.25, 0.3) is 0 Å². The molecular weight excluding hydrogens is 488 g/mol. The van der Waals surface area contributed by atoms with Crippen molar-refractivity contribution in [3.8, 4) is 0 Å². The molecule has 1 atom stereocenters. The van der Waals surface area contributed by atoms with Gasteiger partial charge in [-0.05, 0) is 30.2 Å². The van der Waals surface area contributed by atoms with E-state index in [1.54, 1.807) is 56.3 Å². The first-order valence-electron chi connectivity index (χ1n) is 9.44. The maximum absolute atomic E-state index is 13.3. The van der Waals surface area contributed by atoms with Gasteiger partial charge in [-0.3, -0.25) is 4.79 Å². The summed E-state index contributed by atoms with van der Waals surface area (Å²) in [4.78, 5) is 25.4. The van der Waals surface area contributed by atoms with E-state index in [1.807, 2.05) is 0 Å². The molecule has 1 heterocycles. The van der Waals surface area contributed by atoms with Gasteiger partial charge in [0, 0.05) is 24.0 Å². The minimum Gasteiger partial charge on any atom is -0.480 e. The summed E-state index contributed by atoms with van der Waals surface area (Å²) in [6, 6.07) is 11.3. The molecule has 0 aliphatic heterocycles. The highest BCUT2D eigenvalue weighted by atomic mass is 35.5. The standard InChI is InChI=1S/C20H21ClN6O4S2/c1-11-9-15(33(30,31)26-19-23-18(22)24-20(25-19)27(2)3)14(10-13(11)21)32-16(17(28)29)12-7-5-4-6-8-12/h4-10,16H,1-3H3,(H,28,29)(H3,22,23,24,25,26)/t16-/m1/s1. The van der Waals surface area contributed by atoms with Gasteiger partial charge in [0.2, 0.25) is 17.8 Å². The Morgan fingerprint density at radius 3 is 2.45 bits per heavy atom. The van der Waals surface area contributed by atoms with Crippen molar-refractivity contribution in [1.29, 1.82) is 0 Å². The van der Waals surface area contributed by atoms with Crippen molar-refractivity contribution >= 4 is 57.2 Å². The number of hydrogen-bond donors (Lipinski definition) is 3. The van der Waals surface area contributed by atoms with Gasteiger partial charge in [0.1, 0.15) is 10.1 Å². The number of rotatable bonds is 8. The number of sulfonamides is 1. The third-order valence-electron chi connectivity index (χ3n) is 4.35. The van der Waals surface area contributed by atoms with Gasteiger partial charge in [0.15, 0.2) is 0 Å². The highest BCUT2D eigenvalue weighted by Crippen LogP contribution is 2.41. The second-order valence-corrected chi connectivity index (χ2v) is 10.3. The van der Waals surface area contributed by atoms with Crippen molar-refractivity contribution in [2.24, 2.45) is 0 Å². The van der Waals surface area contributed by atoms with Crippen molar-refractivity contribution in [2.75, 3.05) is 29.5 Å². The molecule has 3 aromatic rings. The first-order chi connectivity index (χ1) is 15.5. The van der Waals surface area contributed by atoms with E-state index < -0.39 is 21.2 Å². The number of aromatic nitrogens is 3. The fraction of sp³-hybridized carbons (Fsp3) is 0.200. The van der Waals surface area contributed by atoms with Gasteiger partial charge in [-0.1, -0.05) is 41.9 Å². The normalized spacial score (nSPS) is 12.2. The minimum atomic E-state index is -4.25. The molecule has 0 spiro atoms. The molecule has 174 valence electrons. The zero-order valence-electron chi connectivity index (χ0n) is 17.9. The molecule has 0 radical (unpaired) electrons. The first-order valence-corrected chi connectivity index (χ1v) is 12.2. The first kappa shape index (κ1) is 24.6. The molecule has 0 aliphatic rings. The van der Waals surface area contributed by atoms with E-state index in [4.69, 9.17) is 17.3 Å². The number of nitrogens with zero attached hydrogens (tertiary/aromatic N) is 4. The highest BCUT2D eigenvalue weighted by molar-refractivity contribution is 8.01. The third-order valence-corrected chi connectivity index (χ3v) is 7.56. The number of aliphatic carboxylic acids is 1. The van der Waals surface area contributed by atoms with Crippen LogP contribution in [0.3, 0.4) is 0 Å². The Hall–Kier alpha value is -3.09. The summed E-state index contributed by atoms with van der Waals surface area (Å²) in [6.45, 7) is 1.65. The lowest BCUT2D eigenvalue weighted by Crippen LogP contribution is -2.20. The number of nitrogens with two attached hydrogens (primary N) is 1. The Balaban J connectivity index is 2.06. The number of nitrogens with one attached hydrogen (secondary N) is 1. The maximum atomic E-state index is 13.3. The van der Waals surface area contributed by atoms with Gasteiger partial charge in [-0.15, -0.1) is 11.8 Å². The van der Waals surface area contributed by atoms with Crippen LogP contribution in [-0.4, -0.2) is 48.5 Å². The summed E-state index contributed by atoms with van der Waals surface area (Å²) in [5, 5.41) is 9.03. The summed E-state index contributed by atoms with van der Waals surface area (Å²) in [5.74, 6) is -1.40. The van der Waals surface area contributed by atoms with Crippen molar-refractivity contribution < 1.29 is 18.3 Å². The molecule has 0 aliphatic carbocycles. The Bertz CT molecular complexity index is 1290. The fourth-order valence-corrected chi connectivity index (χ4v) is 5.56. The van der Waals surface area contributed by atoms with Gasteiger partial charge in [-0.2, -0.15) is 15.0 Å². The number of aryl methyl sites for hydroxylation is 1. The van der Waals surface area contributed by atoms with Crippen LogP contribution in [0.15, 0.2) is 52.3 Å². The molecule has 10 nitrogen and oxygen atoms in total. The lowest BCUT2D eigenvalue weighted by molar-refractivity contribution is -0.136. The largest absolute Gasteiger partial charge is 0.480 e. The van der Waals surface area contributed by atoms with E-state index in [2.05, 4.69) is 19.7 Å². The van der Waals surface area contributed by atoms with Gasteiger partial charge in [-0.25, -0.2) is 13.1 Å². The number of halogens is 1. The zero-order valence-corrected chi connectivity index (χ0v) is 20.2. The number of thioether (sulfide) groups is 1. The number of carboxylic acids is 1. The number of carbonyl (C=O) groups is 1. The fourth-order valence-electron chi connectivity index (χ4n) is 2.76. The van der Waals surface area contributed by atoms with Crippen molar-refractivity contribution in [3.63, 3.8) is 0 Å². The third kappa shape index (κ3) is 5.83. The van der Waals surface area contributed by atoms with Crippen LogP contribution in [-0.2, 0) is 14.8 Å². The molecule has 0 amide bonds. The van der Waals surface area contributed by atoms with Gasteiger partial charge < -0.3 is 15.7 Å². The second kappa shape index (κ2) is 9.81. The van der Waals surface area contributed by atoms with E-state index in [9.17, 15) is 18.3 Å². The van der Waals surface area contributed by atoms with Gasteiger partial charge in [0.25, 0.3) is 10.0 Å². The molecule has 13 heteroatoms. The topological polar surface area (TPSA) is 151 Å². The van der Waals surface area contributed by atoms with Crippen LogP contribution in [0.1, 0.15) is 16.4 Å². The molecule has 0 unspecified atom stereocenters. The van der Waals surface area contributed by atoms with Crippen molar-refractivity contribution in [1.82, 2.24) is 15.0 Å². The maximum Gasteiger partial charge on any atom is 0.321 e. The Labute approximate surface area is 200 Å². The van der Waals surface area contributed by atoms with Gasteiger partial charge in [0.05, 0.1) is 0 Å². The molecular formula is C20H21ClN6O4S2. The van der Waals surface area contributed by atoms with E-state index in [-0.39, 0.29) is 27.6 Å². The Kier molecular flexibility index (Phi) is 7.30. The van der Waals surface area contributed by atoms with Crippen LogP contribution < -0.4 is 15.4 Å². The molecule has 0 saturated heterocycles. The summed E-state index contributed by atoms with van der Waals surface area (Å²) >= 11 is 7.11. The SMILES string of the molecule is Cc1cc(S(=O)(=O)Nc2nc(N)nc(N(C)C)n2)c(S[C@@H](C(=O)O)c2ccccc2)cc1Cl. The van der Waals surface area contributed by atoms with Crippen LogP contribution in [0.2, 0.25) is 5.02 Å². The number of nitrogen functional groups attached to an aromatic ring is 1. The summed E-state index contributed by atoms with van der Waals surface area (Å²) in [7, 11) is -0.912. The van der Waals surface area contributed by atoms with Crippen LogP contribution in [0.4, 0.5) is 17.8 Å². The van der Waals surface area contributed by atoms with E-state index in [1.165, 1.54) is 12.1 Å². The second-order valence-electron chi connectivity index (χ2n) is 7.11. The monoisotopic (exact) mass is 508 g/mol. The highest BCUT2D eigenvalue weighted by Gasteiger charge is 2.28. The van der Waals surface area contributed by atoms with Crippen LogP contribution in [0.5, 0.6) is 0 Å². The predicted octanol–water partition coefficient (Wildman–Crippen LogP) is 3.20. The molecule has 0 saturated carbocycles. The molecule has 3 rings (SSSR count). The van der Waals surface area contributed by atoms with E-state index in [0.717, 1.165) is 11.8 Å². The summed E-state index contributed by atoms with van der Waals surface area (Å²) < 4.78 is 28.9. The smallest absolute Gasteiger partial charge is 0.321 e. The van der Waals surface area contributed by atoms with Crippen molar-refractivity contribution in [3.05, 3.63) is 58.6 Å². The van der Waals surface area contributed by atoms with Gasteiger partial charge >= 0.3 is 5.97 Å². The number of carboxylic acid groups (broad SMARTS) is 1. The van der Waals surface area contributed by atoms with Crippen LogP contribution >= 0.6 is 23.4 Å². The number of anilines is 3. The molecule has 0 bridgehead atoms. The number of hydrogen-bond acceptors (Lipinski definition) is 9. The summed E-state index contributed by atoms with van der Waals surface area (Å²) in [6.07, 6.45) is 0.